The zero-order chi connectivity index (χ0) is 15.3. The molecule has 112 valence electrons. The van der Waals surface area contributed by atoms with E-state index in [-0.39, 0.29) is 17.2 Å². The highest BCUT2D eigenvalue weighted by Gasteiger charge is 2.33. The lowest BCUT2D eigenvalue weighted by Crippen LogP contribution is -2.28. The molecular formula is C12H17F3N4O. The van der Waals surface area contributed by atoms with Gasteiger partial charge in [-0.1, -0.05) is 0 Å². The number of likely N-dealkylation sites (N-methyl/N-ethyl adjacent to an activating group) is 1. The molecule has 0 unspecified atom stereocenters. The molecule has 0 saturated heterocycles. The van der Waals surface area contributed by atoms with Crippen molar-refractivity contribution in [3.63, 3.8) is 0 Å². The number of nitrogens with one attached hydrogen (secondary N) is 1. The fraction of sp³-hybridized carbons (Fsp3) is 0.500. The molecule has 3 N–H and O–H groups in total. The molecule has 1 aromatic heterocycles. The molecular weight excluding hydrogens is 273 g/mol. The number of nitrogens with two attached hydrogens (primary N) is 1. The van der Waals surface area contributed by atoms with Gasteiger partial charge in [-0.2, -0.15) is 13.2 Å². The molecule has 0 fully saturated rings. The van der Waals surface area contributed by atoms with E-state index < -0.39 is 11.9 Å². The first-order valence-corrected chi connectivity index (χ1v) is 5.99. The van der Waals surface area contributed by atoms with Gasteiger partial charge in [-0.05, 0) is 19.1 Å². The summed E-state index contributed by atoms with van der Waals surface area (Å²) in [5.41, 5.74) is 4.52. The van der Waals surface area contributed by atoms with Crippen LogP contribution in [0.4, 0.5) is 19.0 Å². The molecule has 0 aliphatic rings. The molecule has 20 heavy (non-hydrogen) atoms. The normalized spacial score (nSPS) is 11.4. The molecule has 0 saturated carbocycles. The van der Waals surface area contributed by atoms with E-state index >= 15 is 0 Å². The molecule has 0 aromatic carbocycles. The molecule has 0 aliphatic heterocycles. The number of nitrogens with zero attached hydrogens (tertiary/aromatic N) is 2. The topological polar surface area (TPSA) is 75.2 Å². The summed E-state index contributed by atoms with van der Waals surface area (Å²) in [6.45, 7) is 3.04. The van der Waals surface area contributed by atoms with Gasteiger partial charge in [-0.25, -0.2) is 4.98 Å². The number of anilines is 1. The van der Waals surface area contributed by atoms with E-state index in [1.165, 1.54) is 4.90 Å². The van der Waals surface area contributed by atoms with E-state index in [9.17, 15) is 13.2 Å². The van der Waals surface area contributed by atoms with Gasteiger partial charge in [-0.3, -0.25) is 5.41 Å². The van der Waals surface area contributed by atoms with E-state index in [2.05, 4.69) is 4.98 Å². The molecule has 0 atom stereocenters. The average molecular weight is 290 g/mol. The Hall–Kier alpha value is -1.83. The van der Waals surface area contributed by atoms with Gasteiger partial charge in [0.25, 0.3) is 0 Å². The van der Waals surface area contributed by atoms with Crippen LogP contribution in [0.2, 0.25) is 0 Å². The third kappa shape index (κ3) is 4.09. The Morgan fingerprint density at radius 1 is 1.45 bits per heavy atom. The number of hydrogen-bond acceptors (Lipinski definition) is 4. The zero-order valence-electron chi connectivity index (χ0n) is 11.3. The Labute approximate surface area is 115 Å². The van der Waals surface area contributed by atoms with Gasteiger partial charge in [0.15, 0.2) is 0 Å². The molecule has 0 radical (unpaired) electrons. The minimum atomic E-state index is -4.54. The molecule has 0 aliphatic carbocycles. The molecule has 0 amide bonds. The first kappa shape index (κ1) is 16.2. The summed E-state index contributed by atoms with van der Waals surface area (Å²) < 4.78 is 43.2. The van der Waals surface area contributed by atoms with Crippen LogP contribution in [-0.4, -0.2) is 37.6 Å². The highest BCUT2D eigenvalue weighted by Crippen LogP contribution is 2.30. The maximum absolute atomic E-state index is 12.7. The molecule has 0 spiro atoms. The van der Waals surface area contributed by atoms with Crippen LogP contribution >= 0.6 is 0 Å². The maximum atomic E-state index is 12.7. The third-order valence-electron chi connectivity index (χ3n) is 2.59. The minimum absolute atomic E-state index is 0.0204. The molecule has 5 nitrogen and oxygen atoms in total. The number of ether oxygens (including phenoxy) is 1. The van der Waals surface area contributed by atoms with Gasteiger partial charge < -0.3 is 15.4 Å². The first-order valence-electron chi connectivity index (χ1n) is 5.99. The van der Waals surface area contributed by atoms with Crippen molar-refractivity contribution in [3.8, 4) is 0 Å². The standard InChI is InChI=1S/C12H17F3N4O/c1-3-20-7-6-19(2)11-8(10(16)17)4-5-9(18-11)12(13,14)15/h4-5H,3,6-7H2,1-2H3,(H3,16,17). The summed E-state index contributed by atoms with van der Waals surface area (Å²) in [6.07, 6.45) is -4.54. The van der Waals surface area contributed by atoms with Crippen molar-refractivity contribution in [3.05, 3.63) is 23.4 Å². The van der Waals surface area contributed by atoms with Crippen LogP contribution in [0.1, 0.15) is 18.2 Å². The van der Waals surface area contributed by atoms with Crippen LogP contribution in [0.25, 0.3) is 0 Å². The Morgan fingerprint density at radius 3 is 2.60 bits per heavy atom. The number of halogens is 3. The van der Waals surface area contributed by atoms with E-state index in [1.54, 1.807) is 7.05 Å². The minimum Gasteiger partial charge on any atom is -0.384 e. The quantitative estimate of drug-likeness (QED) is 0.476. The van der Waals surface area contributed by atoms with Crippen molar-refractivity contribution in [1.82, 2.24) is 4.98 Å². The van der Waals surface area contributed by atoms with Gasteiger partial charge in [0, 0.05) is 20.2 Å². The van der Waals surface area contributed by atoms with Crippen molar-refractivity contribution in [2.24, 2.45) is 5.73 Å². The van der Waals surface area contributed by atoms with Gasteiger partial charge in [0.2, 0.25) is 0 Å². The lowest BCUT2D eigenvalue weighted by molar-refractivity contribution is -0.141. The number of pyridine rings is 1. The van der Waals surface area contributed by atoms with Crippen LogP contribution in [0.3, 0.4) is 0 Å². The number of hydrogen-bond donors (Lipinski definition) is 2. The fourth-order valence-electron chi connectivity index (χ4n) is 1.56. The van der Waals surface area contributed by atoms with Crippen molar-refractivity contribution < 1.29 is 17.9 Å². The second-order valence-corrected chi connectivity index (χ2v) is 4.10. The van der Waals surface area contributed by atoms with Gasteiger partial charge in [0.05, 0.1) is 12.2 Å². The Bertz CT molecular complexity index is 476. The van der Waals surface area contributed by atoms with Gasteiger partial charge >= 0.3 is 6.18 Å². The summed E-state index contributed by atoms with van der Waals surface area (Å²) in [6, 6.07) is 1.97. The summed E-state index contributed by atoms with van der Waals surface area (Å²) in [5, 5.41) is 7.41. The summed E-state index contributed by atoms with van der Waals surface area (Å²) in [7, 11) is 1.58. The summed E-state index contributed by atoms with van der Waals surface area (Å²) in [4.78, 5) is 5.06. The van der Waals surface area contributed by atoms with Crippen LogP contribution in [-0.2, 0) is 10.9 Å². The van der Waals surface area contributed by atoms with E-state index in [0.29, 0.717) is 19.8 Å². The van der Waals surface area contributed by atoms with Crippen LogP contribution in [0.15, 0.2) is 12.1 Å². The highest BCUT2D eigenvalue weighted by molar-refractivity contribution is 5.99. The first-order chi connectivity index (χ1) is 9.27. The van der Waals surface area contributed by atoms with Crippen LogP contribution in [0, 0.1) is 5.41 Å². The zero-order valence-corrected chi connectivity index (χ0v) is 11.3. The number of nitrogen functional groups attached to an aromatic ring is 1. The fourth-order valence-corrected chi connectivity index (χ4v) is 1.56. The number of aromatic nitrogens is 1. The van der Waals surface area contributed by atoms with Crippen molar-refractivity contribution >= 4 is 11.7 Å². The predicted octanol–water partition coefficient (Wildman–Crippen LogP) is 1.86. The number of alkyl halides is 3. The molecule has 1 heterocycles. The number of amidine groups is 1. The smallest absolute Gasteiger partial charge is 0.384 e. The maximum Gasteiger partial charge on any atom is 0.433 e. The van der Waals surface area contributed by atoms with Crippen molar-refractivity contribution in [1.29, 1.82) is 5.41 Å². The third-order valence-corrected chi connectivity index (χ3v) is 2.59. The molecule has 1 aromatic rings. The van der Waals surface area contributed by atoms with Crippen LogP contribution < -0.4 is 10.6 Å². The van der Waals surface area contributed by atoms with Crippen LogP contribution in [0.5, 0.6) is 0 Å². The van der Waals surface area contributed by atoms with E-state index in [4.69, 9.17) is 15.9 Å². The second-order valence-electron chi connectivity index (χ2n) is 4.10. The predicted molar refractivity (Wildman–Crippen MR) is 70.0 cm³/mol. The van der Waals surface area contributed by atoms with Gasteiger partial charge in [-0.15, -0.1) is 0 Å². The van der Waals surface area contributed by atoms with Crippen molar-refractivity contribution in [2.45, 2.75) is 13.1 Å². The van der Waals surface area contributed by atoms with Gasteiger partial charge in [0.1, 0.15) is 17.3 Å². The monoisotopic (exact) mass is 290 g/mol. The lowest BCUT2D eigenvalue weighted by atomic mass is 10.2. The average Bonchev–Trinajstić information content (AvgIpc) is 2.37. The largest absolute Gasteiger partial charge is 0.433 e. The second kappa shape index (κ2) is 6.56. The van der Waals surface area contributed by atoms with E-state index in [1.807, 2.05) is 6.92 Å². The van der Waals surface area contributed by atoms with E-state index in [0.717, 1.165) is 12.1 Å². The number of rotatable bonds is 6. The lowest BCUT2D eigenvalue weighted by Gasteiger charge is -2.22. The molecule has 8 heteroatoms. The highest BCUT2D eigenvalue weighted by atomic mass is 19.4. The molecule has 0 bridgehead atoms. The summed E-state index contributed by atoms with van der Waals surface area (Å²) >= 11 is 0. The Morgan fingerprint density at radius 2 is 2.10 bits per heavy atom. The van der Waals surface area contributed by atoms with Crippen molar-refractivity contribution in [2.75, 3.05) is 31.7 Å². The Kier molecular flexibility index (Phi) is 5.32. The molecule has 1 rings (SSSR count). The Balaban J connectivity index is 3.08. The SMILES string of the molecule is CCOCCN(C)c1nc(C(F)(F)F)ccc1C(=N)N. The summed E-state index contributed by atoms with van der Waals surface area (Å²) in [5.74, 6) is -0.309.